The lowest BCUT2D eigenvalue weighted by molar-refractivity contribution is 0.905. The first-order valence-electron chi connectivity index (χ1n) is 4.18. The number of nitriles is 1. The molecule has 1 rings (SSSR count). The van der Waals surface area contributed by atoms with Gasteiger partial charge in [0.1, 0.15) is 0 Å². The lowest BCUT2D eigenvalue weighted by Gasteiger charge is -2.19. The van der Waals surface area contributed by atoms with Crippen LogP contribution in [0, 0.1) is 11.3 Å². The molecule has 0 heterocycles. The standard InChI is InChI=1S/C10H10Cl2N2/c1-14(6-2-5-13)10-4-3-8(11)7-9(10)12/h3-4,7H,2,6H2,1H3. The van der Waals surface area contributed by atoms with Gasteiger partial charge in [0, 0.05) is 18.6 Å². The quantitative estimate of drug-likeness (QED) is 0.794. The van der Waals surface area contributed by atoms with Gasteiger partial charge in [0.25, 0.3) is 0 Å². The van der Waals surface area contributed by atoms with Gasteiger partial charge in [0.05, 0.1) is 23.2 Å². The Morgan fingerprint density at radius 2 is 2.14 bits per heavy atom. The number of rotatable bonds is 3. The largest absolute Gasteiger partial charge is 0.372 e. The Morgan fingerprint density at radius 3 is 2.71 bits per heavy atom. The second-order valence-corrected chi connectivity index (χ2v) is 3.77. The van der Waals surface area contributed by atoms with Crippen molar-refractivity contribution in [2.24, 2.45) is 0 Å². The lowest BCUT2D eigenvalue weighted by atomic mass is 10.3. The van der Waals surface area contributed by atoms with E-state index < -0.39 is 0 Å². The molecule has 0 unspecified atom stereocenters. The fourth-order valence-corrected chi connectivity index (χ4v) is 1.68. The minimum Gasteiger partial charge on any atom is -0.372 e. The summed E-state index contributed by atoms with van der Waals surface area (Å²) < 4.78 is 0. The highest BCUT2D eigenvalue weighted by atomic mass is 35.5. The van der Waals surface area contributed by atoms with E-state index in [-0.39, 0.29) is 0 Å². The summed E-state index contributed by atoms with van der Waals surface area (Å²) in [6, 6.07) is 7.42. The molecule has 0 spiro atoms. The number of hydrogen-bond donors (Lipinski definition) is 0. The first kappa shape index (κ1) is 11.2. The molecule has 0 N–H and O–H groups in total. The van der Waals surface area contributed by atoms with Crippen molar-refractivity contribution in [2.45, 2.75) is 6.42 Å². The highest BCUT2D eigenvalue weighted by molar-refractivity contribution is 6.36. The summed E-state index contributed by atoms with van der Waals surface area (Å²) >= 11 is 11.8. The van der Waals surface area contributed by atoms with Gasteiger partial charge in [-0.3, -0.25) is 0 Å². The first-order valence-corrected chi connectivity index (χ1v) is 4.94. The van der Waals surface area contributed by atoms with Gasteiger partial charge in [-0.25, -0.2) is 0 Å². The van der Waals surface area contributed by atoms with Crippen LogP contribution in [-0.2, 0) is 0 Å². The molecule has 0 saturated carbocycles. The predicted molar refractivity (Wildman–Crippen MR) is 60.0 cm³/mol. The van der Waals surface area contributed by atoms with E-state index in [2.05, 4.69) is 6.07 Å². The summed E-state index contributed by atoms with van der Waals surface area (Å²) in [6.07, 6.45) is 0.482. The average Bonchev–Trinajstić information content (AvgIpc) is 2.14. The van der Waals surface area contributed by atoms with E-state index in [4.69, 9.17) is 28.5 Å². The molecule has 74 valence electrons. The van der Waals surface area contributed by atoms with E-state index in [9.17, 15) is 0 Å². The second kappa shape index (κ2) is 5.09. The van der Waals surface area contributed by atoms with Crippen LogP contribution in [0.2, 0.25) is 10.0 Å². The summed E-state index contributed by atoms with van der Waals surface area (Å²) in [5, 5.41) is 9.67. The highest BCUT2D eigenvalue weighted by Crippen LogP contribution is 2.27. The molecule has 14 heavy (non-hydrogen) atoms. The maximum Gasteiger partial charge on any atom is 0.0654 e. The van der Waals surface area contributed by atoms with E-state index in [0.717, 1.165) is 5.69 Å². The number of anilines is 1. The van der Waals surface area contributed by atoms with E-state index in [0.29, 0.717) is 23.0 Å². The molecule has 0 bridgehead atoms. The molecular formula is C10H10Cl2N2. The van der Waals surface area contributed by atoms with Gasteiger partial charge in [-0.2, -0.15) is 5.26 Å². The minimum atomic E-state index is 0.482. The Kier molecular flexibility index (Phi) is 4.06. The number of nitrogens with zero attached hydrogens (tertiary/aromatic N) is 2. The molecule has 0 aliphatic carbocycles. The van der Waals surface area contributed by atoms with Crippen molar-refractivity contribution in [3.63, 3.8) is 0 Å². The fourth-order valence-electron chi connectivity index (χ4n) is 1.13. The zero-order chi connectivity index (χ0) is 10.6. The van der Waals surface area contributed by atoms with Gasteiger partial charge >= 0.3 is 0 Å². The lowest BCUT2D eigenvalue weighted by Crippen LogP contribution is -2.18. The van der Waals surface area contributed by atoms with Crippen LogP contribution in [0.1, 0.15) is 6.42 Å². The van der Waals surface area contributed by atoms with E-state index >= 15 is 0 Å². The second-order valence-electron chi connectivity index (χ2n) is 2.93. The SMILES string of the molecule is CN(CCC#N)c1ccc(Cl)cc1Cl. The number of benzene rings is 1. The van der Waals surface area contributed by atoms with Gasteiger partial charge in [-0.1, -0.05) is 23.2 Å². The van der Waals surface area contributed by atoms with Crippen LogP contribution in [0.4, 0.5) is 5.69 Å². The van der Waals surface area contributed by atoms with Crippen molar-refractivity contribution < 1.29 is 0 Å². The fraction of sp³-hybridized carbons (Fsp3) is 0.300. The molecule has 0 amide bonds. The zero-order valence-corrected chi connectivity index (χ0v) is 9.31. The summed E-state index contributed by atoms with van der Waals surface area (Å²) in [6.45, 7) is 0.665. The Bertz CT molecular complexity index is 358. The molecule has 1 aromatic rings. The van der Waals surface area contributed by atoms with Crippen molar-refractivity contribution in [3.8, 4) is 6.07 Å². The normalized spacial score (nSPS) is 9.57. The molecule has 0 atom stereocenters. The summed E-state index contributed by atoms with van der Waals surface area (Å²) in [5.41, 5.74) is 0.895. The van der Waals surface area contributed by atoms with Crippen LogP contribution in [0.15, 0.2) is 18.2 Å². The molecule has 0 fully saturated rings. The third kappa shape index (κ3) is 2.80. The Labute approximate surface area is 93.7 Å². The Balaban J connectivity index is 2.80. The van der Waals surface area contributed by atoms with Crippen molar-refractivity contribution in [2.75, 3.05) is 18.5 Å². The molecule has 2 nitrogen and oxygen atoms in total. The van der Waals surface area contributed by atoms with Crippen molar-refractivity contribution in [3.05, 3.63) is 28.2 Å². The average molecular weight is 229 g/mol. The minimum absolute atomic E-state index is 0.482. The molecule has 0 saturated heterocycles. The molecule has 1 aromatic carbocycles. The number of halogens is 2. The molecule has 0 aliphatic rings. The summed E-state index contributed by atoms with van der Waals surface area (Å²) in [7, 11) is 1.90. The van der Waals surface area contributed by atoms with E-state index in [1.54, 1.807) is 12.1 Å². The van der Waals surface area contributed by atoms with Gasteiger partial charge in [0.15, 0.2) is 0 Å². The molecule has 4 heteroatoms. The third-order valence-corrected chi connectivity index (χ3v) is 2.42. The van der Waals surface area contributed by atoms with Gasteiger partial charge in [-0.15, -0.1) is 0 Å². The van der Waals surface area contributed by atoms with Crippen LogP contribution < -0.4 is 4.90 Å². The zero-order valence-electron chi connectivity index (χ0n) is 7.80. The van der Waals surface area contributed by atoms with Gasteiger partial charge in [-0.05, 0) is 18.2 Å². The van der Waals surface area contributed by atoms with Crippen molar-refractivity contribution >= 4 is 28.9 Å². The topological polar surface area (TPSA) is 27.0 Å². The monoisotopic (exact) mass is 228 g/mol. The smallest absolute Gasteiger partial charge is 0.0654 e. The van der Waals surface area contributed by atoms with Gasteiger partial charge in [0.2, 0.25) is 0 Å². The highest BCUT2D eigenvalue weighted by Gasteiger charge is 2.05. The molecular weight excluding hydrogens is 219 g/mol. The molecule has 0 aromatic heterocycles. The summed E-state index contributed by atoms with van der Waals surface area (Å²) in [4.78, 5) is 1.93. The molecule has 0 radical (unpaired) electrons. The van der Waals surface area contributed by atoms with Crippen LogP contribution >= 0.6 is 23.2 Å². The van der Waals surface area contributed by atoms with E-state index in [1.807, 2.05) is 18.0 Å². The van der Waals surface area contributed by atoms with Crippen LogP contribution in [-0.4, -0.2) is 13.6 Å². The van der Waals surface area contributed by atoms with Gasteiger partial charge < -0.3 is 4.90 Å². The summed E-state index contributed by atoms with van der Waals surface area (Å²) in [5.74, 6) is 0. The van der Waals surface area contributed by atoms with E-state index in [1.165, 1.54) is 0 Å². The Morgan fingerprint density at radius 1 is 1.43 bits per heavy atom. The van der Waals surface area contributed by atoms with Crippen molar-refractivity contribution in [1.82, 2.24) is 0 Å². The van der Waals surface area contributed by atoms with Crippen molar-refractivity contribution in [1.29, 1.82) is 5.26 Å². The Hall–Kier alpha value is -0.910. The number of hydrogen-bond acceptors (Lipinski definition) is 2. The maximum atomic E-state index is 8.44. The van der Waals surface area contributed by atoms with Crippen LogP contribution in [0.25, 0.3) is 0 Å². The van der Waals surface area contributed by atoms with Crippen LogP contribution in [0.5, 0.6) is 0 Å². The molecule has 0 aliphatic heterocycles. The maximum absolute atomic E-state index is 8.44. The first-order chi connectivity index (χ1) is 6.65. The predicted octanol–water partition coefficient (Wildman–Crippen LogP) is 3.34. The third-order valence-electron chi connectivity index (χ3n) is 1.88. The van der Waals surface area contributed by atoms with Crippen LogP contribution in [0.3, 0.4) is 0 Å².